The molecule has 2 aliphatic heterocycles. The van der Waals surface area contributed by atoms with Crippen LogP contribution in [0, 0.1) is 0 Å². The van der Waals surface area contributed by atoms with Crippen molar-refractivity contribution in [3.8, 4) is 5.75 Å². The SMILES string of the molecule is O=C(NCc1ccnc(N2CCCC2=O)c1)[C@H]1CCc2ccccc2O1. The number of carbonyl (C=O) groups excluding carboxylic acids is 2. The van der Waals surface area contributed by atoms with Crippen LogP contribution < -0.4 is 15.0 Å². The highest BCUT2D eigenvalue weighted by atomic mass is 16.5. The summed E-state index contributed by atoms with van der Waals surface area (Å²) in [6, 6.07) is 11.5. The Morgan fingerprint density at radius 2 is 2.15 bits per heavy atom. The van der Waals surface area contributed by atoms with Gasteiger partial charge in [0, 0.05) is 25.7 Å². The second-order valence-electron chi connectivity index (χ2n) is 6.64. The highest BCUT2D eigenvalue weighted by Crippen LogP contribution is 2.27. The first-order valence-corrected chi connectivity index (χ1v) is 8.98. The Balaban J connectivity index is 1.37. The number of benzene rings is 1. The van der Waals surface area contributed by atoms with Gasteiger partial charge < -0.3 is 10.1 Å². The molecule has 1 fully saturated rings. The van der Waals surface area contributed by atoms with E-state index < -0.39 is 6.10 Å². The van der Waals surface area contributed by atoms with Crippen LogP contribution in [0.3, 0.4) is 0 Å². The summed E-state index contributed by atoms with van der Waals surface area (Å²) in [5, 5.41) is 2.93. The highest BCUT2D eigenvalue weighted by molar-refractivity contribution is 5.94. The second-order valence-corrected chi connectivity index (χ2v) is 6.64. The predicted octanol–water partition coefficient (Wildman–Crippen LogP) is 2.22. The highest BCUT2D eigenvalue weighted by Gasteiger charge is 2.26. The summed E-state index contributed by atoms with van der Waals surface area (Å²) in [6.07, 6.45) is 4.16. The smallest absolute Gasteiger partial charge is 0.261 e. The van der Waals surface area contributed by atoms with E-state index in [0.29, 0.717) is 31.7 Å². The number of amides is 2. The van der Waals surface area contributed by atoms with E-state index in [4.69, 9.17) is 4.74 Å². The molecule has 26 heavy (non-hydrogen) atoms. The van der Waals surface area contributed by atoms with Crippen LogP contribution in [-0.4, -0.2) is 29.4 Å². The summed E-state index contributed by atoms with van der Waals surface area (Å²) in [5.74, 6) is 1.43. The molecule has 134 valence electrons. The average molecular weight is 351 g/mol. The topological polar surface area (TPSA) is 71.5 Å². The van der Waals surface area contributed by atoms with Gasteiger partial charge in [-0.25, -0.2) is 4.98 Å². The van der Waals surface area contributed by atoms with E-state index in [1.165, 1.54) is 0 Å². The molecule has 4 rings (SSSR count). The van der Waals surface area contributed by atoms with Gasteiger partial charge in [-0.15, -0.1) is 0 Å². The molecule has 0 bridgehead atoms. The fourth-order valence-corrected chi connectivity index (χ4v) is 3.42. The molecule has 0 radical (unpaired) electrons. The zero-order valence-corrected chi connectivity index (χ0v) is 14.5. The standard InChI is InChI=1S/C20H21N3O3/c24-19-6-3-11-23(19)18-12-14(9-10-21-18)13-22-20(25)17-8-7-15-4-1-2-5-16(15)26-17/h1-2,4-5,9-10,12,17H,3,6-8,11,13H2,(H,22,25)/t17-/m1/s1. The van der Waals surface area contributed by atoms with E-state index in [1.54, 1.807) is 11.1 Å². The second kappa shape index (κ2) is 7.15. The van der Waals surface area contributed by atoms with Crippen molar-refractivity contribution in [3.05, 3.63) is 53.7 Å². The number of hydrogen-bond acceptors (Lipinski definition) is 4. The van der Waals surface area contributed by atoms with Crippen LogP contribution in [0.1, 0.15) is 30.4 Å². The molecule has 0 unspecified atom stereocenters. The molecule has 6 nitrogen and oxygen atoms in total. The number of pyridine rings is 1. The lowest BCUT2D eigenvalue weighted by molar-refractivity contribution is -0.128. The quantitative estimate of drug-likeness (QED) is 0.917. The van der Waals surface area contributed by atoms with Crippen molar-refractivity contribution in [2.75, 3.05) is 11.4 Å². The summed E-state index contributed by atoms with van der Waals surface area (Å²) in [5.41, 5.74) is 2.06. The van der Waals surface area contributed by atoms with Crippen molar-refractivity contribution in [3.63, 3.8) is 0 Å². The van der Waals surface area contributed by atoms with Crippen molar-refractivity contribution in [1.29, 1.82) is 0 Å². The van der Waals surface area contributed by atoms with Gasteiger partial charge in [-0.1, -0.05) is 18.2 Å². The van der Waals surface area contributed by atoms with E-state index >= 15 is 0 Å². The minimum Gasteiger partial charge on any atom is -0.480 e. The van der Waals surface area contributed by atoms with Gasteiger partial charge >= 0.3 is 0 Å². The molecular weight excluding hydrogens is 330 g/mol. The van der Waals surface area contributed by atoms with Gasteiger partial charge in [0.1, 0.15) is 11.6 Å². The number of carbonyl (C=O) groups is 2. The summed E-state index contributed by atoms with van der Waals surface area (Å²) >= 11 is 0. The first kappa shape index (κ1) is 16.6. The number of anilines is 1. The third-order valence-electron chi connectivity index (χ3n) is 4.84. The van der Waals surface area contributed by atoms with Crippen LogP contribution in [0.15, 0.2) is 42.6 Å². The fraction of sp³-hybridized carbons (Fsp3) is 0.350. The maximum absolute atomic E-state index is 12.5. The Bertz CT molecular complexity index is 837. The van der Waals surface area contributed by atoms with E-state index in [0.717, 1.165) is 29.7 Å². The summed E-state index contributed by atoms with van der Waals surface area (Å²) in [4.78, 5) is 30.3. The molecule has 6 heteroatoms. The molecular formula is C20H21N3O3. The number of nitrogens with zero attached hydrogens (tertiary/aromatic N) is 2. The van der Waals surface area contributed by atoms with Crippen molar-refractivity contribution in [1.82, 2.24) is 10.3 Å². The van der Waals surface area contributed by atoms with Gasteiger partial charge in [0.25, 0.3) is 5.91 Å². The average Bonchev–Trinajstić information content (AvgIpc) is 3.12. The number of aryl methyl sites for hydroxylation is 1. The Morgan fingerprint density at radius 3 is 3.00 bits per heavy atom. The molecule has 3 heterocycles. The number of para-hydroxylation sites is 1. The van der Waals surface area contributed by atoms with Crippen LogP contribution in [0.25, 0.3) is 0 Å². The lowest BCUT2D eigenvalue weighted by atomic mass is 10.0. The number of aromatic nitrogens is 1. The van der Waals surface area contributed by atoms with Crippen LogP contribution in [0.4, 0.5) is 5.82 Å². The van der Waals surface area contributed by atoms with Crippen molar-refractivity contribution >= 4 is 17.6 Å². The molecule has 1 aromatic carbocycles. The minimum atomic E-state index is -0.466. The number of nitrogens with one attached hydrogen (secondary N) is 1. The van der Waals surface area contributed by atoms with Gasteiger partial charge in [-0.05, 0) is 48.6 Å². The Kier molecular flexibility index (Phi) is 4.56. The van der Waals surface area contributed by atoms with Crippen molar-refractivity contribution in [2.24, 2.45) is 0 Å². The van der Waals surface area contributed by atoms with E-state index in [9.17, 15) is 9.59 Å². The number of ether oxygens (including phenoxy) is 1. The van der Waals surface area contributed by atoms with Crippen molar-refractivity contribution in [2.45, 2.75) is 38.3 Å². The molecule has 1 saturated heterocycles. The third-order valence-corrected chi connectivity index (χ3v) is 4.84. The van der Waals surface area contributed by atoms with Crippen LogP contribution in [0.5, 0.6) is 5.75 Å². The largest absolute Gasteiger partial charge is 0.480 e. The van der Waals surface area contributed by atoms with E-state index in [2.05, 4.69) is 10.3 Å². The zero-order valence-electron chi connectivity index (χ0n) is 14.5. The van der Waals surface area contributed by atoms with Gasteiger partial charge in [0.05, 0.1) is 0 Å². The number of rotatable bonds is 4. The molecule has 0 saturated carbocycles. The summed E-state index contributed by atoms with van der Waals surface area (Å²) in [7, 11) is 0. The Hall–Kier alpha value is -2.89. The monoisotopic (exact) mass is 351 g/mol. The third kappa shape index (κ3) is 3.40. The molecule has 2 aromatic rings. The normalized spacial score (nSPS) is 19.0. The number of hydrogen-bond donors (Lipinski definition) is 1. The maximum atomic E-state index is 12.5. The summed E-state index contributed by atoms with van der Waals surface area (Å²) in [6.45, 7) is 1.09. The molecule has 0 aliphatic carbocycles. The molecule has 2 amide bonds. The fourth-order valence-electron chi connectivity index (χ4n) is 3.42. The summed E-state index contributed by atoms with van der Waals surface area (Å²) < 4.78 is 5.82. The molecule has 2 aliphatic rings. The van der Waals surface area contributed by atoms with Crippen LogP contribution in [-0.2, 0) is 22.6 Å². The first-order valence-electron chi connectivity index (χ1n) is 8.98. The molecule has 1 aromatic heterocycles. The van der Waals surface area contributed by atoms with E-state index in [1.807, 2.05) is 36.4 Å². The van der Waals surface area contributed by atoms with Crippen molar-refractivity contribution < 1.29 is 14.3 Å². The van der Waals surface area contributed by atoms with Gasteiger partial charge in [-0.3, -0.25) is 14.5 Å². The first-order chi connectivity index (χ1) is 12.7. The van der Waals surface area contributed by atoms with Gasteiger partial charge in [0.2, 0.25) is 5.91 Å². The Labute approximate surface area is 152 Å². The Morgan fingerprint density at radius 1 is 1.27 bits per heavy atom. The number of fused-ring (bicyclic) bond motifs is 1. The van der Waals surface area contributed by atoms with Gasteiger partial charge in [0.15, 0.2) is 6.10 Å². The molecule has 0 spiro atoms. The van der Waals surface area contributed by atoms with Gasteiger partial charge in [-0.2, -0.15) is 0 Å². The molecule has 1 atom stereocenters. The molecule has 1 N–H and O–H groups in total. The lowest BCUT2D eigenvalue weighted by Crippen LogP contribution is -2.40. The van der Waals surface area contributed by atoms with E-state index in [-0.39, 0.29) is 11.8 Å². The predicted molar refractivity (Wildman–Crippen MR) is 96.8 cm³/mol. The minimum absolute atomic E-state index is 0.105. The zero-order chi connectivity index (χ0) is 17.9. The van der Waals surface area contributed by atoms with Crippen LogP contribution >= 0.6 is 0 Å². The van der Waals surface area contributed by atoms with Crippen LogP contribution in [0.2, 0.25) is 0 Å². The maximum Gasteiger partial charge on any atom is 0.261 e. The lowest BCUT2D eigenvalue weighted by Gasteiger charge is -2.25.